The van der Waals surface area contributed by atoms with Crippen LogP contribution in [0.25, 0.3) is 16.2 Å². The van der Waals surface area contributed by atoms with Gasteiger partial charge in [-0.25, -0.2) is 23.7 Å². The molecule has 3 heterocycles. The molecule has 1 fully saturated rings. The van der Waals surface area contributed by atoms with E-state index in [9.17, 15) is 13.6 Å². The Labute approximate surface area is 145 Å². The molecule has 25 heavy (non-hydrogen) atoms. The Balaban J connectivity index is 1.62. The highest BCUT2D eigenvalue weighted by Crippen LogP contribution is 2.33. The topological polar surface area (TPSA) is 72.7 Å². The van der Waals surface area contributed by atoms with Crippen molar-refractivity contribution in [2.75, 3.05) is 0 Å². The number of fused-ring (bicyclic) bond motifs is 1. The maximum atomic E-state index is 13.3. The number of carbonyl (C=O) groups excluding carboxylic acids is 1. The summed E-state index contributed by atoms with van der Waals surface area (Å²) in [5.74, 6) is -2.62. The highest BCUT2D eigenvalue weighted by Gasteiger charge is 2.35. The molecule has 1 amide bonds. The number of carbonyl (C=O) groups is 1. The van der Waals surface area contributed by atoms with Gasteiger partial charge in [0.2, 0.25) is 11.9 Å². The normalized spacial score (nSPS) is 17.7. The van der Waals surface area contributed by atoms with Crippen LogP contribution in [0.15, 0.2) is 30.2 Å². The van der Waals surface area contributed by atoms with Crippen LogP contribution in [0.1, 0.15) is 36.2 Å². The Hall–Kier alpha value is -2.42. The summed E-state index contributed by atoms with van der Waals surface area (Å²) < 4.78 is 28.9. The summed E-state index contributed by atoms with van der Waals surface area (Å²) >= 11 is 1.38. The Morgan fingerprint density at radius 1 is 1.32 bits per heavy atom. The predicted octanol–water partition coefficient (Wildman–Crippen LogP) is 3.18. The van der Waals surface area contributed by atoms with Crippen LogP contribution in [-0.2, 0) is 0 Å². The second-order valence-corrected chi connectivity index (χ2v) is 7.00. The summed E-state index contributed by atoms with van der Waals surface area (Å²) in [5, 5.41) is 4.69. The van der Waals surface area contributed by atoms with E-state index in [0.717, 1.165) is 0 Å². The minimum Gasteiger partial charge on any atom is -0.348 e. The van der Waals surface area contributed by atoms with Crippen molar-refractivity contribution in [1.29, 1.82) is 0 Å². The van der Waals surface area contributed by atoms with Gasteiger partial charge in [-0.15, -0.1) is 11.3 Å². The third-order valence-electron chi connectivity index (χ3n) is 4.29. The number of imidazole rings is 1. The molecule has 6 nitrogen and oxygen atoms in total. The molecule has 130 valence electrons. The number of alkyl halides is 2. The summed E-state index contributed by atoms with van der Waals surface area (Å²) in [6, 6.07) is 1.56. The fraction of sp³-hybridized carbons (Fsp3) is 0.375. The molecule has 4 rings (SSSR count). The van der Waals surface area contributed by atoms with Crippen molar-refractivity contribution in [3.63, 3.8) is 0 Å². The van der Waals surface area contributed by atoms with Crippen molar-refractivity contribution in [1.82, 2.24) is 24.8 Å². The van der Waals surface area contributed by atoms with E-state index in [0.29, 0.717) is 16.2 Å². The fourth-order valence-electron chi connectivity index (χ4n) is 2.94. The van der Waals surface area contributed by atoms with Gasteiger partial charge in [0, 0.05) is 31.3 Å². The van der Waals surface area contributed by atoms with Crippen LogP contribution in [0, 0.1) is 0 Å². The largest absolute Gasteiger partial charge is 0.348 e. The van der Waals surface area contributed by atoms with Gasteiger partial charge >= 0.3 is 0 Å². The van der Waals surface area contributed by atoms with Crippen LogP contribution in [0.2, 0.25) is 0 Å². The molecule has 1 aliphatic rings. The Bertz CT molecular complexity index is 899. The zero-order valence-electron chi connectivity index (χ0n) is 13.2. The summed E-state index contributed by atoms with van der Waals surface area (Å²) in [4.78, 5) is 25.5. The molecule has 9 heteroatoms. The van der Waals surface area contributed by atoms with Gasteiger partial charge in [-0.3, -0.25) is 9.36 Å². The van der Waals surface area contributed by atoms with E-state index in [1.54, 1.807) is 23.3 Å². The highest BCUT2D eigenvalue weighted by atomic mass is 32.1. The monoisotopic (exact) mass is 363 g/mol. The molecule has 0 aliphatic heterocycles. The number of nitrogens with zero attached hydrogens (tertiary/aromatic N) is 4. The number of nitrogens with one attached hydrogen (secondary N) is 1. The van der Waals surface area contributed by atoms with Crippen molar-refractivity contribution in [2.45, 2.75) is 37.6 Å². The number of hydrogen-bond acceptors (Lipinski definition) is 5. The summed E-state index contributed by atoms with van der Waals surface area (Å²) in [7, 11) is 0. The first-order valence-electron chi connectivity index (χ1n) is 7.94. The van der Waals surface area contributed by atoms with E-state index in [1.165, 1.54) is 11.3 Å². The van der Waals surface area contributed by atoms with Gasteiger partial charge in [0.05, 0.1) is 10.2 Å². The van der Waals surface area contributed by atoms with Gasteiger partial charge < -0.3 is 5.32 Å². The fourth-order valence-corrected chi connectivity index (χ4v) is 3.75. The number of aromatic nitrogens is 4. The first kappa shape index (κ1) is 16.1. The van der Waals surface area contributed by atoms with Crippen LogP contribution < -0.4 is 5.32 Å². The zero-order valence-corrected chi connectivity index (χ0v) is 14.0. The number of halogens is 2. The lowest BCUT2D eigenvalue weighted by Crippen LogP contribution is -2.40. The van der Waals surface area contributed by atoms with Gasteiger partial charge in [-0.05, 0) is 24.3 Å². The first-order chi connectivity index (χ1) is 12.0. The SMILES string of the molecule is O=C(NC1CCC(F)(F)CC1)c1nc(-n2ccnc2)nc2ccsc12. The molecule has 0 bridgehead atoms. The highest BCUT2D eigenvalue weighted by molar-refractivity contribution is 7.17. The van der Waals surface area contributed by atoms with Crippen molar-refractivity contribution in [2.24, 2.45) is 0 Å². The summed E-state index contributed by atoms with van der Waals surface area (Å²) in [6.45, 7) is 0. The Kier molecular flexibility index (Phi) is 3.95. The second kappa shape index (κ2) is 6.14. The van der Waals surface area contributed by atoms with Crippen LogP contribution in [-0.4, -0.2) is 37.4 Å². The minimum atomic E-state index is -2.62. The quantitative estimate of drug-likeness (QED) is 0.776. The van der Waals surface area contributed by atoms with Crippen LogP contribution >= 0.6 is 11.3 Å². The van der Waals surface area contributed by atoms with Crippen LogP contribution in [0.5, 0.6) is 0 Å². The van der Waals surface area contributed by atoms with Crippen molar-refractivity contribution in [3.8, 4) is 5.95 Å². The third-order valence-corrected chi connectivity index (χ3v) is 5.20. The lowest BCUT2D eigenvalue weighted by Gasteiger charge is -2.28. The van der Waals surface area contributed by atoms with Gasteiger partial charge in [0.1, 0.15) is 6.33 Å². The van der Waals surface area contributed by atoms with E-state index >= 15 is 0 Å². The van der Waals surface area contributed by atoms with Crippen molar-refractivity contribution >= 4 is 27.5 Å². The van der Waals surface area contributed by atoms with E-state index in [4.69, 9.17) is 0 Å². The van der Waals surface area contributed by atoms with E-state index in [-0.39, 0.29) is 43.3 Å². The molecule has 1 aliphatic carbocycles. The molecule has 0 saturated heterocycles. The Morgan fingerprint density at radius 3 is 2.84 bits per heavy atom. The first-order valence-corrected chi connectivity index (χ1v) is 8.82. The maximum absolute atomic E-state index is 13.3. The standard InChI is InChI=1S/C16H15F2N5OS/c17-16(18)4-1-10(2-5-16)20-14(24)12-13-11(3-8-25-13)21-15(22-12)23-7-6-19-9-23/h3,6-10H,1-2,4-5H2,(H,20,24). The maximum Gasteiger partial charge on any atom is 0.271 e. The summed E-state index contributed by atoms with van der Waals surface area (Å²) in [6.07, 6.45) is 4.99. The molecule has 1 saturated carbocycles. The van der Waals surface area contributed by atoms with Gasteiger partial charge in [0.25, 0.3) is 5.91 Å². The van der Waals surface area contributed by atoms with Crippen molar-refractivity contribution in [3.05, 3.63) is 35.9 Å². The molecular weight excluding hydrogens is 348 g/mol. The van der Waals surface area contributed by atoms with Crippen LogP contribution in [0.4, 0.5) is 8.78 Å². The molecule has 0 atom stereocenters. The number of amides is 1. The molecule has 3 aromatic heterocycles. The average molecular weight is 363 g/mol. The van der Waals surface area contributed by atoms with Gasteiger partial charge in [-0.2, -0.15) is 0 Å². The molecule has 0 spiro atoms. The molecule has 0 radical (unpaired) electrons. The van der Waals surface area contributed by atoms with E-state index < -0.39 is 5.92 Å². The molecule has 1 N–H and O–H groups in total. The lowest BCUT2D eigenvalue weighted by atomic mass is 9.92. The van der Waals surface area contributed by atoms with Crippen molar-refractivity contribution < 1.29 is 13.6 Å². The second-order valence-electron chi connectivity index (χ2n) is 6.08. The van der Waals surface area contributed by atoms with E-state index in [1.807, 2.05) is 11.4 Å². The van der Waals surface area contributed by atoms with Gasteiger partial charge in [-0.1, -0.05) is 0 Å². The zero-order chi connectivity index (χ0) is 17.4. The molecule has 0 unspecified atom stereocenters. The Morgan fingerprint density at radius 2 is 2.12 bits per heavy atom. The third kappa shape index (κ3) is 3.23. The average Bonchev–Trinajstić information content (AvgIpc) is 3.26. The van der Waals surface area contributed by atoms with E-state index in [2.05, 4.69) is 20.3 Å². The summed E-state index contributed by atoms with van der Waals surface area (Å²) in [5.41, 5.74) is 0.935. The molecule has 3 aromatic rings. The number of thiophene rings is 1. The smallest absolute Gasteiger partial charge is 0.271 e. The number of rotatable bonds is 3. The van der Waals surface area contributed by atoms with Gasteiger partial charge in [0.15, 0.2) is 5.69 Å². The minimum absolute atomic E-state index is 0.198. The lowest BCUT2D eigenvalue weighted by molar-refractivity contribution is -0.0399. The molecule has 0 aromatic carbocycles. The van der Waals surface area contributed by atoms with Crippen LogP contribution in [0.3, 0.4) is 0 Å². The predicted molar refractivity (Wildman–Crippen MR) is 89.2 cm³/mol. The number of hydrogen-bond donors (Lipinski definition) is 1. The molecular formula is C16H15F2N5OS.